The van der Waals surface area contributed by atoms with Gasteiger partial charge in [0.05, 0.1) is 13.3 Å². The first kappa shape index (κ1) is 15.8. The zero-order valence-electron chi connectivity index (χ0n) is 12.2. The zero-order valence-corrected chi connectivity index (χ0v) is 12.2. The number of methoxy groups -OCH3 is 1. The van der Waals surface area contributed by atoms with Crippen LogP contribution in [0.1, 0.15) is 26.3 Å². The molecule has 0 bridgehead atoms. The number of benzene rings is 1. The second-order valence-electron chi connectivity index (χ2n) is 5.03. The molecule has 0 saturated heterocycles. The topological polar surface area (TPSA) is 59.9 Å². The van der Waals surface area contributed by atoms with Crippen molar-refractivity contribution in [2.75, 3.05) is 7.11 Å². The van der Waals surface area contributed by atoms with E-state index in [1.807, 2.05) is 30.3 Å². The number of hydrogen-bond acceptors (Lipinski definition) is 4. The summed E-state index contributed by atoms with van der Waals surface area (Å²) >= 11 is 0. The fourth-order valence-electron chi connectivity index (χ4n) is 1.31. The van der Waals surface area contributed by atoms with Gasteiger partial charge in [0.15, 0.2) is 0 Å². The lowest BCUT2D eigenvalue weighted by Crippen LogP contribution is -2.29. The fraction of sp³-hybridized carbons (Fsp3) is 0.333. The van der Waals surface area contributed by atoms with Crippen LogP contribution in [0.2, 0.25) is 0 Å². The maximum absolute atomic E-state index is 11.4. The molecule has 5 nitrogen and oxygen atoms in total. The maximum Gasteiger partial charge on any atom is 0.428 e. The van der Waals surface area contributed by atoms with E-state index < -0.39 is 11.7 Å². The Bertz CT molecular complexity index is 488. The van der Waals surface area contributed by atoms with Crippen molar-refractivity contribution in [2.24, 2.45) is 5.10 Å². The van der Waals surface area contributed by atoms with Gasteiger partial charge in [0.2, 0.25) is 0 Å². The highest BCUT2D eigenvalue weighted by atomic mass is 16.6. The molecule has 0 aromatic heterocycles. The first-order chi connectivity index (χ1) is 9.40. The first-order valence-corrected chi connectivity index (χ1v) is 6.23. The van der Waals surface area contributed by atoms with E-state index in [0.717, 1.165) is 5.56 Å². The molecule has 1 rings (SSSR count). The Hall–Kier alpha value is -2.30. The van der Waals surface area contributed by atoms with Gasteiger partial charge >= 0.3 is 6.09 Å². The number of carbonyl (C=O) groups is 1. The molecule has 1 aromatic carbocycles. The van der Waals surface area contributed by atoms with Crippen LogP contribution >= 0.6 is 0 Å². The van der Waals surface area contributed by atoms with Crippen molar-refractivity contribution in [3.05, 3.63) is 41.7 Å². The van der Waals surface area contributed by atoms with Crippen LogP contribution in [0.3, 0.4) is 0 Å². The second kappa shape index (κ2) is 7.33. The predicted octanol–water partition coefficient (Wildman–Crippen LogP) is 3.18. The average molecular weight is 276 g/mol. The number of rotatable bonds is 4. The Morgan fingerprint density at radius 3 is 2.45 bits per heavy atom. The van der Waals surface area contributed by atoms with E-state index in [9.17, 15) is 4.79 Å². The van der Waals surface area contributed by atoms with E-state index >= 15 is 0 Å². The highest BCUT2D eigenvalue weighted by Gasteiger charge is 2.15. The number of hydrogen-bond donors (Lipinski definition) is 1. The largest absolute Gasteiger partial charge is 0.495 e. The number of nitrogens with one attached hydrogen (secondary N) is 1. The van der Waals surface area contributed by atoms with E-state index in [0.29, 0.717) is 5.76 Å². The number of nitrogens with zero attached hydrogens (tertiary/aromatic N) is 1. The summed E-state index contributed by atoms with van der Waals surface area (Å²) in [5, 5.41) is 3.78. The van der Waals surface area contributed by atoms with Gasteiger partial charge in [0.1, 0.15) is 11.4 Å². The smallest absolute Gasteiger partial charge is 0.428 e. The molecular weight excluding hydrogens is 256 g/mol. The van der Waals surface area contributed by atoms with Gasteiger partial charge < -0.3 is 9.47 Å². The molecule has 20 heavy (non-hydrogen) atoms. The summed E-state index contributed by atoms with van der Waals surface area (Å²) in [6.07, 6.45) is 2.61. The highest BCUT2D eigenvalue weighted by molar-refractivity contribution is 5.83. The summed E-state index contributed by atoms with van der Waals surface area (Å²) in [5.41, 5.74) is 2.70. The summed E-state index contributed by atoms with van der Waals surface area (Å²) in [4.78, 5) is 11.4. The maximum atomic E-state index is 11.4. The van der Waals surface area contributed by atoms with Crippen LogP contribution in [0, 0.1) is 0 Å². The molecule has 108 valence electrons. The Kier molecular flexibility index (Phi) is 5.77. The Morgan fingerprint density at radius 2 is 1.90 bits per heavy atom. The third-order valence-corrected chi connectivity index (χ3v) is 2.09. The summed E-state index contributed by atoms with van der Waals surface area (Å²) in [5.74, 6) is 0.521. The average Bonchev–Trinajstić information content (AvgIpc) is 2.36. The minimum absolute atomic E-state index is 0.521. The van der Waals surface area contributed by atoms with Gasteiger partial charge in [0.25, 0.3) is 0 Å². The van der Waals surface area contributed by atoms with Gasteiger partial charge in [-0.25, -0.2) is 10.2 Å². The van der Waals surface area contributed by atoms with E-state index in [2.05, 4.69) is 10.5 Å². The van der Waals surface area contributed by atoms with Crippen LogP contribution in [0.25, 0.3) is 6.08 Å². The minimum atomic E-state index is -0.607. The van der Waals surface area contributed by atoms with Crippen LogP contribution in [0.15, 0.2) is 41.2 Å². The van der Waals surface area contributed by atoms with Crippen molar-refractivity contribution in [1.29, 1.82) is 0 Å². The number of allylic oxidation sites excluding steroid dienone is 1. The van der Waals surface area contributed by atoms with Gasteiger partial charge in [-0.3, -0.25) is 0 Å². The Labute approximate surface area is 119 Å². The van der Waals surface area contributed by atoms with Crippen molar-refractivity contribution >= 4 is 18.4 Å². The monoisotopic (exact) mass is 276 g/mol. The second-order valence-corrected chi connectivity index (χ2v) is 5.03. The summed E-state index contributed by atoms with van der Waals surface area (Å²) in [7, 11) is 1.54. The van der Waals surface area contributed by atoms with Crippen LogP contribution < -0.4 is 5.43 Å². The normalized spacial score (nSPS) is 12.3. The number of hydrazone groups is 1. The van der Waals surface area contributed by atoms with E-state index in [-0.39, 0.29) is 0 Å². The molecule has 5 heteroatoms. The molecular formula is C15H20N2O3. The summed E-state index contributed by atoms with van der Waals surface area (Å²) in [6, 6.07) is 9.66. The molecule has 0 unspecified atom stereocenters. The molecule has 0 atom stereocenters. The quantitative estimate of drug-likeness (QED) is 0.522. The minimum Gasteiger partial charge on any atom is -0.495 e. The molecule has 0 spiro atoms. The van der Waals surface area contributed by atoms with E-state index in [1.165, 1.54) is 13.3 Å². The molecule has 1 aromatic rings. The summed E-state index contributed by atoms with van der Waals surface area (Å²) < 4.78 is 10.2. The standard InChI is InChI=1S/C15H20N2O3/c1-15(2,3)20-14(18)17-16-11-13(19-4)10-12-8-6-5-7-9-12/h5-11H,1-4H3,(H,17,18). The third-order valence-electron chi connectivity index (χ3n) is 2.09. The third kappa shape index (κ3) is 6.58. The fourth-order valence-corrected chi connectivity index (χ4v) is 1.31. The number of amides is 1. The van der Waals surface area contributed by atoms with Crippen molar-refractivity contribution < 1.29 is 14.3 Å². The molecule has 1 N–H and O–H groups in total. The lowest BCUT2D eigenvalue weighted by molar-refractivity contribution is 0.0529. The molecule has 0 radical (unpaired) electrons. The van der Waals surface area contributed by atoms with Crippen molar-refractivity contribution in [3.8, 4) is 0 Å². The SMILES string of the molecule is COC(C=NNC(=O)OC(C)(C)C)=Cc1ccccc1. The van der Waals surface area contributed by atoms with Crippen LogP contribution in [0.5, 0.6) is 0 Å². The van der Waals surface area contributed by atoms with E-state index in [4.69, 9.17) is 9.47 Å². The van der Waals surface area contributed by atoms with Crippen molar-refractivity contribution in [1.82, 2.24) is 5.43 Å². The predicted molar refractivity (Wildman–Crippen MR) is 79.3 cm³/mol. The number of carbonyl (C=O) groups excluding carboxylic acids is 1. The van der Waals surface area contributed by atoms with Crippen molar-refractivity contribution in [2.45, 2.75) is 26.4 Å². The molecule has 0 saturated carbocycles. The van der Waals surface area contributed by atoms with Gasteiger partial charge in [-0.05, 0) is 32.4 Å². The van der Waals surface area contributed by atoms with E-state index in [1.54, 1.807) is 26.8 Å². The van der Waals surface area contributed by atoms with Crippen LogP contribution in [0.4, 0.5) is 4.79 Å². The van der Waals surface area contributed by atoms with Crippen LogP contribution in [-0.4, -0.2) is 25.0 Å². The molecule has 0 fully saturated rings. The lowest BCUT2D eigenvalue weighted by atomic mass is 10.2. The summed E-state index contributed by atoms with van der Waals surface area (Å²) in [6.45, 7) is 5.35. The highest BCUT2D eigenvalue weighted by Crippen LogP contribution is 2.07. The van der Waals surface area contributed by atoms with Gasteiger partial charge in [-0.15, -0.1) is 0 Å². The zero-order chi connectivity index (χ0) is 15.0. The van der Waals surface area contributed by atoms with Gasteiger partial charge in [-0.2, -0.15) is 5.10 Å². The first-order valence-electron chi connectivity index (χ1n) is 6.23. The number of ether oxygens (including phenoxy) is 2. The molecule has 1 amide bonds. The van der Waals surface area contributed by atoms with Gasteiger partial charge in [-0.1, -0.05) is 30.3 Å². The lowest BCUT2D eigenvalue weighted by Gasteiger charge is -2.18. The van der Waals surface area contributed by atoms with Crippen molar-refractivity contribution in [3.63, 3.8) is 0 Å². The molecule has 0 aliphatic heterocycles. The Morgan fingerprint density at radius 1 is 1.25 bits per heavy atom. The molecule has 0 aliphatic rings. The van der Waals surface area contributed by atoms with Crippen LogP contribution in [-0.2, 0) is 9.47 Å². The molecule has 0 heterocycles. The Balaban J connectivity index is 2.59. The van der Waals surface area contributed by atoms with Gasteiger partial charge in [0, 0.05) is 0 Å². The molecule has 0 aliphatic carbocycles.